The second kappa shape index (κ2) is 7.17. The van der Waals surface area contributed by atoms with E-state index in [1.165, 1.54) is 12.1 Å². The highest BCUT2D eigenvalue weighted by Crippen LogP contribution is 2.22. The lowest BCUT2D eigenvalue weighted by atomic mass is 10.0. The van der Waals surface area contributed by atoms with Crippen LogP contribution in [0.3, 0.4) is 0 Å². The van der Waals surface area contributed by atoms with Crippen molar-refractivity contribution in [2.75, 3.05) is 6.61 Å². The molecule has 0 amide bonds. The molecule has 2 N–H and O–H groups in total. The molecule has 0 fully saturated rings. The molecule has 0 aromatic heterocycles. The van der Waals surface area contributed by atoms with Gasteiger partial charge in [0.15, 0.2) is 0 Å². The molecule has 0 aliphatic rings. The van der Waals surface area contributed by atoms with Crippen LogP contribution in [-0.4, -0.2) is 11.7 Å². The van der Waals surface area contributed by atoms with Crippen molar-refractivity contribution in [2.24, 2.45) is 0 Å². The fourth-order valence-electron chi connectivity index (χ4n) is 2.33. The summed E-state index contributed by atoms with van der Waals surface area (Å²) in [6.07, 6.45) is 0.870. The van der Waals surface area contributed by atoms with Gasteiger partial charge in [-0.1, -0.05) is 49.4 Å². The van der Waals surface area contributed by atoms with Gasteiger partial charge in [0, 0.05) is 6.04 Å². The quantitative estimate of drug-likeness (QED) is 0.843. The van der Waals surface area contributed by atoms with Gasteiger partial charge in [-0.15, -0.1) is 0 Å². The van der Waals surface area contributed by atoms with Crippen molar-refractivity contribution in [1.82, 2.24) is 5.32 Å². The predicted octanol–water partition coefficient (Wildman–Crippen LogP) is 3.60. The number of benzene rings is 2. The zero-order valence-corrected chi connectivity index (χ0v) is 11.6. The Labute approximate surface area is 119 Å². The molecule has 0 heterocycles. The van der Waals surface area contributed by atoms with E-state index in [2.05, 4.69) is 12.2 Å². The second-order valence-electron chi connectivity index (χ2n) is 4.82. The third kappa shape index (κ3) is 3.65. The Hall–Kier alpha value is -1.71. The van der Waals surface area contributed by atoms with Crippen LogP contribution in [-0.2, 0) is 0 Å². The predicted molar refractivity (Wildman–Crippen MR) is 78.8 cm³/mol. The molecule has 1 unspecified atom stereocenters. The summed E-state index contributed by atoms with van der Waals surface area (Å²) in [4.78, 5) is 0. The molecule has 2 aromatic rings. The van der Waals surface area contributed by atoms with E-state index in [1.54, 1.807) is 12.1 Å². The molecule has 0 aliphatic carbocycles. The molecule has 0 spiro atoms. The molecule has 3 heteroatoms. The van der Waals surface area contributed by atoms with E-state index in [4.69, 9.17) is 0 Å². The SMILES string of the molecule is CCC(N[C@@H](CO)c1ccccc1)c1ccc(F)cc1. The summed E-state index contributed by atoms with van der Waals surface area (Å²) >= 11 is 0. The summed E-state index contributed by atoms with van der Waals surface area (Å²) in [6.45, 7) is 2.10. The van der Waals surface area contributed by atoms with Crippen molar-refractivity contribution in [3.05, 3.63) is 71.5 Å². The molecule has 0 saturated heterocycles. The lowest BCUT2D eigenvalue weighted by Crippen LogP contribution is -2.28. The van der Waals surface area contributed by atoms with Crippen molar-refractivity contribution in [3.63, 3.8) is 0 Å². The van der Waals surface area contributed by atoms with Crippen LogP contribution in [0.5, 0.6) is 0 Å². The topological polar surface area (TPSA) is 32.3 Å². The third-order valence-corrected chi connectivity index (χ3v) is 3.47. The first-order valence-corrected chi connectivity index (χ1v) is 6.92. The molecule has 2 aromatic carbocycles. The first kappa shape index (κ1) is 14.7. The average molecular weight is 273 g/mol. The number of aliphatic hydroxyl groups excluding tert-OH is 1. The lowest BCUT2D eigenvalue weighted by Gasteiger charge is -2.24. The normalized spacial score (nSPS) is 13.9. The Bertz CT molecular complexity index is 512. The summed E-state index contributed by atoms with van der Waals surface area (Å²) in [5.41, 5.74) is 2.08. The number of nitrogens with one attached hydrogen (secondary N) is 1. The van der Waals surface area contributed by atoms with Gasteiger partial charge in [-0.3, -0.25) is 0 Å². The molecule has 2 atom stereocenters. The Kier molecular flexibility index (Phi) is 5.27. The summed E-state index contributed by atoms with van der Waals surface area (Å²) in [5.74, 6) is -0.231. The van der Waals surface area contributed by atoms with Gasteiger partial charge in [0.1, 0.15) is 5.82 Å². The highest BCUT2D eigenvalue weighted by atomic mass is 19.1. The summed E-state index contributed by atoms with van der Waals surface area (Å²) in [7, 11) is 0. The van der Waals surface area contributed by atoms with E-state index in [0.717, 1.165) is 17.5 Å². The van der Waals surface area contributed by atoms with Crippen LogP contribution in [0.15, 0.2) is 54.6 Å². The van der Waals surface area contributed by atoms with Crippen molar-refractivity contribution in [1.29, 1.82) is 0 Å². The smallest absolute Gasteiger partial charge is 0.123 e. The monoisotopic (exact) mass is 273 g/mol. The van der Waals surface area contributed by atoms with Crippen molar-refractivity contribution in [2.45, 2.75) is 25.4 Å². The van der Waals surface area contributed by atoms with Gasteiger partial charge in [-0.25, -0.2) is 4.39 Å². The number of hydrogen-bond acceptors (Lipinski definition) is 2. The molecule has 0 aliphatic heterocycles. The summed E-state index contributed by atoms with van der Waals surface area (Å²) < 4.78 is 13.0. The highest BCUT2D eigenvalue weighted by Gasteiger charge is 2.16. The number of rotatable bonds is 6. The maximum absolute atomic E-state index is 13.0. The fraction of sp³-hybridized carbons (Fsp3) is 0.294. The van der Waals surface area contributed by atoms with Crippen molar-refractivity contribution in [3.8, 4) is 0 Å². The van der Waals surface area contributed by atoms with Crippen molar-refractivity contribution < 1.29 is 9.50 Å². The van der Waals surface area contributed by atoms with E-state index in [-0.39, 0.29) is 24.5 Å². The Morgan fingerprint density at radius 1 is 0.950 bits per heavy atom. The van der Waals surface area contributed by atoms with Crippen LogP contribution in [0.1, 0.15) is 36.6 Å². The second-order valence-corrected chi connectivity index (χ2v) is 4.82. The first-order chi connectivity index (χ1) is 9.74. The zero-order chi connectivity index (χ0) is 14.4. The van der Waals surface area contributed by atoms with E-state index in [1.807, 2.05) is 30.3 Å². The largest absolute Gasteiger partial charge is 0.394 e. The van der Waals surface area contributed by atoms with Gasteiger partial charge < -0.3 is 10.4 Å². The van der Waals surface area contributed by atoms with Crippen LogP contribution in [0.4, 0.5) is 4.39 Å². The Balaban J connectivity index is 2.14. The number of hydrogen-bond donors (Lipinski definition) is 2. The molecule has 20 heavy (non-hydrogen) atoms. The van der Waals surface area contributed by atoms with Crippen molar-refractivity contribution >= 4 is 0 Å². The molecule has 2 rings (SSSR count). The Morgan fingerprint density at radius 2 is 1.55 bits per heavy atom. The summed E-state index contributed by atoms with van der Waals surface area (Å²) in [5, 5.41) is 13.0. The first-order valence-electron chi connectivity index (χ1n) is 6.92. The van der Waals surface area contributed by atoms with E-state index in [9.17, 15) is 9.50 Å². The number of aliphatic hydroxyl groups is 1. The molecule has 0 radical (unpaired) electrons. The van der Waals surface area contributed by atoms with Crippen LogP contribution in [0.2, 0.25) is 0 Å². The van der Waals surface area contributed by atoms with Crippen LogP contribution < -0.4 is 5.32 Å². The molecule has 0 bridgehead atoms. The molecular weight excluding hydrogens is 253 g/mol. The lowest BCUT2D eigenvalue weighted by molar-refractivity contribution is 0.232. The summed E-state index contributed by atoms with van der Waals surface area (Å²) in [6, 6.07) is 16.3. The maximum Gasteiger partial charge on any atom is 0.123 e. The number of halogens is 1. The fourth-order valence-corrected chi connectivity index (χ4v) is 2.33. The van der Waals surface area contributed by atoms with Gasteiger partial charge in [0.05, 0.1) is 12.6 Å². The highest BCUT2D eigenvalue weighted by molar-refractivity contribution is 5.23. The van der Waals surface area contributed by atoms with Crippen LogP contribution in [0, 0.1) is 5.82 Å². The van der Waals surface area contributed by atoms with Gasteiger partial charge in [0.25, 0.3) is 0 Å². The van der Waals surface area contributed by atoms with Gasteiger partial charge in [-0.05, 0) is 29.7 Å². The van der Waals surface area contributed by atoms with E-state index < -0.39 is 0 Å². The minimum absolute atomic E-state index is 0.0295. The van der Waals surface area contributed by atoms with E-state index >= 15 is 0 Å². The zero-order valence-electron chi connectivity index (χ0n) is 11.6. The molecule has 0 saturated carbocycles. The Morgan fingerprint density at radius 3 is 2.10 bits per heavy atom. The average Bonchev–Trinajstić information content (AvgIpc) is 2.51. The molecule has 106 valence electrons. The van der Waals surface area contributed by atoms with Crippen LogP contribution >= 0.6 is 0 Å². The minimum Gasteiger partial charge on any atom is -0.394 e. The third-order valence-electron chi connectivity index (χ3n) is 3.47. The molecule has 2 nitrogen and oxygen atoms in total. The standard InChI is InChI=1S/C17H20FNO/c1-2-16(14-8-10-15(18)11-9-14)19-17(12-20)13-6-4-3-5-7-13/h3-11,16-17,19-20H,2,12H2,1H3/t16?,17-/m0/s1. The van der Waals surface area contributed by atoms with Gasteiger partial charge in [-0.2, -0.15) is 0 Å². The minimum atomic E-state index is -0.231. The maximum atomic E-state index is 13.0. The van der Waals surface area contributed by atoms with Gasteiger partial charge >= 0.3 is 0 Å². The van der Waals surface area contributed by atoms with Crippen LogP contribution in [0.25, 0.3) is 0 Å². The van der Waals surface area contributed by atoms with E-state index in [0.29, 0.717) is 0 Å². The van der Waals surface area contributed by atoms with Gasteiger partial charge in [0.2, 0.25) is 0 Å². The molecular formula is C17H20FNO.